The average Bonchev–Trinajstić information content (AvgIpc) is 2.59. The van der Waals surface area contributed by atoms with Crippen LogP contribution in [0.3, 0.4) is 0 Å². The van der Waals surface area contributed by atoms with E-state index in [0.717, 1.165) is 12.8 Å². The molecule has 0 saturated carbocycles. The van der Waals surface area contributed by atoms with Crippen molar-refractivity contribution in [3.63, 3.8) is 0 Å². The number of primary sulfonamides is 1. The van der Waals surface area contributed by atoms with E-state index in [1.807, 2.05) is 13.8 Å². The summed E-state index contributed by atoms with van der Waals surface area (Å²) in [6.07, 6.45) is 1.73. The van der Waals surface area contributed by atoms with E-state index < -0.39 is 15.9 Å². The van der Waals surface area contributed by atoms with E-state index in [4.69, 9.17) is 5.14 Å². The van der Waals surface area contributed by atoms with Gasteiger partial charge in [-0.1, -0.05) is 13.3 Å². The molecule has 1 rings (SSSR count). The first-order valence-electron chi connectivity index (χ1n) is 5.66. The molecule has 0 aromatic carbocycles. The van der Waals surface area contributed by atoms with Crippen molar-refractivity contribution >= 4 is 15.9 Å². The topological polar surface area (TPSA) is 118 Å². The normalized spacial score (nSPS) is 13.3. The summed E-state index contributed by atoms with van der Waals surface area (Å²) in [5.74, 6) is -0.538. The van der Waals surface area contributed by atoms with Crippen molar-refractivity contribution in [1.29, 1.82) is 0 Å². The van der Waals surface area contributed by atoms with Gasteiger partial charge >= 0.3 is 0 Å². The number of hydrogen-bond donors (Lipinski definition) is 3. The van der Waals surface area contributed by atoms with Gasteiger partial charge in [-0.2, -0.15) is 5.10 Å². The molecule has 0 spiro atoms. The number of aryl methyl sites for hydroxylation is 1. The number of nitrogens with zero attached hydrogens (tertiary/aromatic N) is 1. The predicted octanol–water partition coefficient (Wildman–Crippen LogP) is 0.284. The van der Waals surface area contributed by atoms with E-state index in [2.05, 4.69) is 15.5 Å². The van der Waals surface area contributed by atoms with E-state index in [0.29, 0.717) is 0 Å². The Balaban J connectivity index is 3.01. The number of carbonyl (C=O) groups excluding carboxylic acids is 1. The Bertz CT molecular complexity index is 535. The summed E-state index contributed by atoms with van der Waals surface area (Å²) in [5.41, 5.74) is 0.0729. The molecule has 1 aromatic heterocycles. The summed E-state index contributed by atoms with van der Waals surface area (Å²) in [6.45, 7) is 5.34. The Labute approximate surface area is 106 Å². The van der Waals surface area contributed by atoms with Crippen LogP contribution < -0.4 is 10.5 Å². The lowest BCUT2D eigenvalue weighted by Crippen LogP contribution is -2.34. The van der Waals surface area contributed by atoms with Crippen LogP contribution in [0.1, 0.15) is 42.9 Å². The number of carbonyl (C=O) groups is 1. The van der Waals surface area contributed by atoms with Crippen LogP contribution in [0.15, 0.2) is 4.90 Å². The minimum absolute atomic E-state index is 0.0483. The Kier molecular flexibility index (Phi) is 4.47. The predicted molar refractivity (Wildman–Crippen MR) is 66.5 cm³/mol. The molecule has 0 aliphatic rings. The maximum atomic E-state index is 11.9. The Hall–Kier alpha value is -1.41. The summed E-state index contributed by atoms with van der Waals surface area (Å²) in [4.78, 5) is 11.7. The molecule has 0 saturated heterocycles. The number of rotatable bonds is 5. The largest absolute Gasteiger partial charge is 0.348 e. The molecule has 0 aliphatic heterocycles. The van der Waals surface area contributed by atoms with Crippen molar-refractivity contribution in [2.75, 3.05) is 0 Å². The second kappa shape index (κ2) is 5.49. The third-order valence-corrected chi connectivity index (χ3v) is 3.56. The van der Waals surface area contributed by atoms with Gasteiger partial charge in [-0.15, -0.1) is 0 Å². The minimum atomic E-state index is -3.97. The SMILES string of the molecule is CCCC(C)NC(=O)c1n[nH]c(C)c1S(N)(=O)=O. The van der Waals surface area contributed by atoms with Crippen molar-refractivity contribution in [3.8, 4) is 0 Å². The molecule has 0 aliphatic carbocycles. The van der Waals surface area contributed by atoms with Crippen molar-refractivity contribution in [2.45, 2.75) is 44.6 Å². The molecule has 1 amide bonds. The standard InChI is InChI=1S/C10H18N4O3S/c1-4-5-6(2)12-10(15)8-9(18(11,16)17)7(3)13-14-8/h6H,4-5H2,1-3H3,(H,12,15)(H,13,14)(H2,11,16,17). The molecular weight excluding hydrogens is 256 g/mol. The zero-order valence-electron chi connectivity index (χ0n) is 10.6. The lowest BCUT2D eigenvalue weighted by Gasteiger charge is -2.11. The lowest BCUT2D eigenvalue weighted by molar-refractivity contribution is 0.0930. The number of hydrogen-bond acceptors (Lipinski definition) is 4. The summed E-state index contributed by atoms with van der Waals surface area (Å²) in [7, 11) is -3.97. The van der Waals surface area contributed by atoms with Crippen LogP contribution in [-0.2, 0) is 10.0 Å². The highest BCUT2D eigenvalue weighted by Crippen LogP contribution is 2.15. The number of H-pyrrole nitrogens is 1. The molecule has 0 bridgehead atoms. The molecular formula is C10H18N4O3S. The molecule has 0 fully saturated rings. The van der Waals surface area contributed by atoms with Gasteiger partial charge in [0.05, 0.1) is 5.69 Å². The molecule has 1 aromatic rings. The molecule has 7 nitrogen and oxygen atoms in total. The third kappa shape index (κ3) is 3.30. The molecule has 8 heteroatoms. The highest BCUT2D eigenvalue weighted by Gasteiger charge is 2.26. The van der Waals surface area contributed by atoms with Gasteiger partial charge in [0.1, 0.15) is 4.90 Å². The van der Waals surface area contributed by atoms with Gasteiger partial charge in [0.2, 0.25) is 10.0 Å². The highest BCUT2D eigenvalue weighted by atomic mass is 32.2. The lowest BCUT2D eigenvalue weighted by atomic mass is 10.2. The van der Waals surface area contributed by atoms with Gasteiger partial charge in [-0.3, -0.25) is 9.89 Å². The van der Waals surface area contributed by atoms with Crippen LogP contribution in [0.5, 0.6) is 0 Å². The molecule has 1 unspecified atom stereocenters. The smallest absolute Gasteiger partial charge is 0.273 e. The zero-order chi connectivity index (χ0) is 13.9. The fourth-order valence-electron chi connectivity index (χ4n) is 1.72. The second-order valence-electron chi connectivity index (χ2n) is 4.23. The third-order valence-electron chi connectivity index (χ3n) is 2.49. The monoisotopic (exact) mass is 274 g/mol. The van der Waals surface area contributed by atoms with Gasteiger partial charge in [-0.05, 0) is 20.3 Å². The van der Waals surface area contributed by atoms with Gasteiger partial charge in [0.15, 0.2) is 5.69 Å². The molecule has 102 valence electrons. The highest BCUT2D eigenvalue weighted by molar-refractivity contribution is 7.89. The van der Waals surface area contributed by atoms with Gasteiger partial charge < -0.3 is 5.32 Å². The number of nitrogens with two attached hydrogens (primary N) is 1. The molecule has 1 heterocycles. The van der Waals surface area contributed by atoms with Gasteiger partial charge in [-0.25, -0.2) is 13.6 Å². The van der Waals surface area contributed by atoms with Crippen LogP contribution >= 0.6 is 0 Å². The van der Waals surface area contributed by atoms with E-state index >= 15 is 0 Å². The van der Waals surface area contributed by atoms with E-state index in [-0.39, 0.29) is 22.3 Å². The van der Waals surface area contributed by atoms with E-state index in [1.54, 1.807) is 0 Å². The summed E-state index contributed by atoms with van der Waals surface area (Å²) >= 11 is 0. The number of amides is 1. The Morgan fingerprint density at radius 2 is 2.17 bits per heavy atom. The molecule has 18 heavy (non-hydrogen) atoms. The fraction of sp³-hybridized carbons (Fsp3) is 0.600. The van der Waals surface area contributed by atoms with Crippen LogP contribution in [0.2, 0.25) is 0 Å². The average molecular weight is 274 g/mol. The molecule has 4 N–H and O–H groups in total. The first-order chi connectivity index (χ1) is 8.27. The van der Waals surface area contributed by atoms with Crippen LogP contribution in [0, 0.1) is 6.92 Å². The zero-order valence-corrected chi connectivity index (χ0v) is 11.5. The summed E-state index contributed by atoms with van der Waals surface area (Å²) < 4.78 is 22.8. The van der Waals surface area contributed by atoms with Gasteiger partial charge in [0.25, 0.3) is 5.91 Å². The maximum absolute atomic E-state index is 11.9. The van der Waals surface area contributed by atoms with Crippen LogP contribution in [0.25, 0.3) is 0 Å². The first-order valence-corrected chi connectivity index (χ1v) is 7.20. The van der Waals surface area contributed by atoms with Crippen LogP contribution in [-0.4, -0.2) is 30.6 Å². The fourth-order valence-corrected chi connectivity index (χ4v) is 2.60. The van der Waals surface area contributed by atoms with Crippen LogP contribution in [0.4, 0.5) is 0 Å². The van der Waals surface area contributed by atoms with Crippen molar-refractivity contribution < 1.29 is 13.2 Å². The summed E-state index contributed by atoms with van der Waals surface area (Å²) in [6, 6.07) is -0.0483. The van der Waals surface area contributed by atoms with E-state index in [1.165, 1.54) is 6.92 Å². The first kappa shape index (κ1) is 14.7. The van der Waals surface area contributed by atoms with E-state index in [9.17, 15) is 13.2 Å². The minimum Gasteiger partial charge on any atom is -0.348 e. The molecule has 1 atom stereocenters. The number of sulfonamides is 1. The Morgan fingerprint density at radius 3 is 2.67 bits per heavy atom. The van der Waals surface area contributed by atoms with Crippen molar-refractivity contribution in [3.05, 3.63) is 11.4 Å². The second-order valence-corrected chi connectivity index (χ2v) is 5.73. The van der Waals surface area contributed by atoms with Crippen molar-refractivity contribution in [1.82, 2.24) is 15.5 Å². The van der Waals surface area contributed by atoms with Crippen molar-refractivity contribution in [2.24, 2.45) is 5.14 Å². The summed E-state index contributed by atoms with van der Waals surface area (Å²) in [5, 5.41) is 13.9. The number of aromatic amines is 1. The molecule has 0 radical (unpaired) electrons. The number of nitrogens with one attached hydrogen (secondary N) is 2. The maximum Gasteiger partial charge on any atom is 0.273 e. The Morgan fingerprint density at radius 1 is 1.56 bits per heavy atom. The number of aromatic nitrogens is 2. The quantitative estimate of drug-likeness (QED) is 0.714. The van der Waals surface area contributed by atoms with Gasteiger partial charge in [0, 0.05) is 6.04 Å².